The highest BCUT2D eigenvalue weighted by Crippen LogP contribution is 2.23. The Morgan fingerprint density at radius 3 is 2.59 bits per heavy atom. The molecule has 0 radical (unpaired) electrons. The molecule has 0 bridgehead atoms. The van der Waals surface area contributed by atoms with Gasteiger partial charge in [-0.1, -0.05) is 12.1 Å². The Kier molecular flexibility index (Phi) is 5.34. The van der Waals surface area contributed by atoms with Crippen LogP contribution in [0.5, 0.6) is 0 Å². The summed E-state index contributed by atoms with van der Waals surface area (Å²) in [7, 11) is 0. The third-order valence-corrected chi connectivity index (χ3v) is 4.90. The molecule has 0 aromatic heterocycles. The molecular formula is C18H28N2O2. The van der Waals surface area contributed by atoms with E-state index in [4.69, 9.17) is 4.74 Å². The first-order valence-electron chi connectivity index (χ1n) is 8.60. The Bertz CT molecular complexity index is 449. The molecule has 2 saturated heterocycles. The number of benzene rings is 1. The number of anilines is 1. The van der Waals surface area contributed by atoms with Crippen LogP contribution in [0.3, 0.4) is 0 Å². The lowest BCUT2D eigenvalue weighted by Crippen LogP contribution is -2.35. The van der Waals surface area contributed by atoms with E-state index in [0.717, 1.165) is 39.1 Å². The normalized spacial score (nSPS) is 24.6. The largest absolute Gasteiger partial charge is 0.393 e. The Morgan fingerprint density at radius 2 is 1.95 bits per heavy atom. The molecule has 2 fully saturated rings. The average Bonchev–Trinajstić information content (AvgIpc) is 3.07. The molecule has 4 heteroatoms. The van der Waals surface area contributed by atoms with Crippen molar-refractivity contribution in [1.82, 2.24) is 5.32 Å². The van der Waals surface area contributed by atoms with Crippen molar-refractivity contribution in [3.63, 3.8) is 0 Å². The van der Waals surface area contributed by atoms with Gasteiger partial charge in [-0.15, -0.1) is 0 Å². The summed E-state index contributed by atoms with van der Waals surface area (Å²) >= 11 is 0. The molecule has 2 unspecified atom stereocenters. The molecule has 0 spiro atoms. The summed E-state index contributed by atoms with van der Waals surface area (Å²) in [6.07, 6.45) is 4.40. The molecule has 22 heavy (non-hydrogen) atoms. The monoisotopic (exact) mass is 304 g/mol. The van der Waals surface area contributed by atoms with E-state index in [1.807, 2.05) is 0 Å². The maximum atomic E-state index is 9.59. The Morgan fingerprint density at radius 1 is 1.23 bits per heavy atom. The van der Waals surface area contributed by atoms with Gasteiger partial charge in [0.15, 0.2) is 0 Å². The zero-order valence-electron chi connectivity index (χ0n) is 13.5. The topological polar surface area (TPSA) is 44.7 Å². The molecule has 0 aliphatic carbocycles. The van der Waals surface area contributed by atoms with Gasteiger partial charge in [0.05, 0.1) is 12.2 Å². The molecule has 1 aromatic rings. The molecule has 2 aliphatic heterocycles. The second kappa shape index (κ2) is 7.44. The number of rotatable bonds is 5. The molecule has 4 nitrogen and oxygen atoms in total. The van der Waals surface area contributed by atoms with Crippen LogP contribution in [-0.4, -0.2) is 43.6 Å². The minimum Gasteiger partial charge on any atom is -0.393 e. The molecule has 2 atom stereocenters. The van der Waals surface area contributed by atoms with E-state index in [1.165, 1.54) is 24.1 Å². The predicted molar refractivity (Wildman–Crippen MR) is 89.3 cm³/mol. The van der Waals surface area contributed by atoms with Crippen LogP contribution in [0.25, 0.3) is 0 Å². The first-order chi connectivity index (χ1) is 10.7. The van der Waals surface area contributed by atoms with Crippen molar-refractivity contribution in [2.45, 2.75) is 50.9 Å². The van der Waals surface area contributed by atoms with Crippen molar-refractivity contribution >= 4 is 5.69 Å². The highest BCUT2D eigenvalue weighted by molar-refractivity contribution is 5.48. The molecule has 2 N–H and O–H groups in total. The molecule has 2 heterocycles. The molecular weight excluding hydrogens is 276 g/mol. The predicted octanol–water partition coefficient (Wildman–Crippen LogP) is 2.48. The summed E-state index contributed by atoms with van der Waals surface area (Å²) in [5, 5.41) is 13.2. The highest BCUT2D eigenvalue weighted by atomic mass is 16.5. The zero-order valence-corrected chi connectivity index (χ0v) is 13.5. The minimum absolute atomic E-state index is 0.113. The average molecular weight is 304 g/mol. The van der Waals surface area contributed by atoms with E-state index >= 15 is 0 Å². The second-order valence-corrected chi connectivity index (χ2v) is 6.57. The van der Waals surface area contributed by atoms with Gasteiger partial charge in [0.1, 0.15) is 0 Å². The van der Waals surface area contributed by atoms with Gasteiger partial charge >= 0.3 is 0 Å². The van der Waals surface area contributed by atoms with Crippen molar-refractivity contribution in [3.8, 4) is 0 Å². The summed E-state index contributed by atoms with van der Waals surface area (Å²) < 4.78 is 5.66. The quantitative estimate of drug-likeness (QED) is 0.877. The van der Waals surface area contributed by atoms with Crippen LogP contribution in [0, 0.1) is 0 Å². The van der Waals surface area contributed by atoms with Crippen LogP contribution < -0.4 is 10.2 Å². The number of hydrogen-bond donors (Lipinski definition) is 2. The number of aliphatic hydroxyl groups is 1. The van der Waals surface area contributed by atoms with Gasteiger partial charge in [-0.05, 0) is 50.3 Å². The van der Waals surface area contributed by atoms with E-state index in [1.54, 1.807) is 0 Å². The third-order valence-electron chi connectivity index (χ3n) is 4.90. The Labute approximate surface area is 133 Å². The van der Waals surface area contributed by atoms with Gasteiger partial charge in [-0.25, -0.2) is 0 Å². The number of piperidine rings is 1. The lowest BCUT2D eigenvalue weighted by atomic mass is 10.0. The number of aliphatic hydroxyl groups excluding tert-OH is 1. The molecule has 0 amide bonds. The SMILES string of the molecule is CC(NCC1CCCO1)c1ccc(N2CCC(O)CC2)cc1. The molecule has 3 rings (SSSR count). The van der Waals surface area contributed by atoms with Gasteiger partial charge in [0.2, 0.25) is 0 Å². The van der Waals surface area contributed by atoms with Crippen LogP contribution in [0.15, 0.2) is 24.3 Å². The fourth-order valence-corrected chi connectivity index (χ4v) is 3.33. The Balaban J connectivity index is 1.51. The van der Waals surface area contributed by atoms with Crippen molar-refractivity contribution in [1.29, 1.82) is 0 Å². The first-order valence-corrected chi connectivity index (χ1v) is 8.60. The maximum Gasteiger partial charge on any atom is 0.0700 e. The smallest absolute Gasteiger partial charge is 0.0700 e. The summed E-state index contributed by atoms with van der Waals surface area (Å²) in [5.41, 5.74) is 2.58. The standard InChI is InChI=1S/C18H28N2O2/c1-14(19-13-18-3-2-12-22-18)15-4-6-16(7-5-15)20-10-8-17(21)9-11-20/h4-7,14,17-19,21H,2-3,8-13H2,1H3. The summed E-state index contributed by atoms with van der Waals surface area (Å²) in [4.78, 5) is 2.36. The van der Waals surface area contributed by atoms with E-state index in [0.29, 0.717) is 12.1 Å². The first kappa shape index (κ1) is 15.8. The number of nitrogens with one attached hydrogen (secondary N) is 1. The second-order valence-electron chi connectivity index (χ2n) is 6.57. The zero-order chi connectivity index (χ0) is 15.4. The van der Waals surface area contributed by atoms with Gasteiger partial charge in [-0.3, -0.25) is 0 Å². The number of ether oxygens (including phenoxy) is 1. The van der Waals surface area contributed by atoms with Gasteiger partial charge < -0.3 is 20.1 Å². The lowest BCUT2D eigenvalue weighted by Gasteiger charge is -2.31. The van der Waals surface area contributed by atoms with E-state index < -0.39 is 0 Å². The maximum absolute atomic E-state index is 9.59. The van der Waals surface area contributed by atoms with Crippen molar-refractivity contribution in [2.24, 2.45) is 0 Å². The highest BCUT2D eigenvalue weighted by Gasteiger charge is 2.18. The minimum atomic E-state index is -0.113. The number of hydrogen-bond acceptors (Lipinski definition) is 4. The summed E-state index contributed by atoms with van der Waals surface area (Å²) in [6, 6.07) is 9.19. The fraction of sp³-hybridized carbons (Fsp3) is 0.667. The Hall–Kier alpha value is -1.10. The third kappa shape index (κ3) is 4.00. The van der Waals surface area contributed by atoms with Crippen molar-refractivity contribution in [3.05, 3.63) is 29.8 Å². The van der Waals surface area contributed by atoms with Crippen LogP contribution in [0.1, 0.15) is 44.2 Å². The van der Waals surface area contributed by atoms with Crippen molar-refractivity contribution < 1.29 is 9.84 Å². The van der Waals surface area contributed by atoms with Crippen LogP contribution in [0.4, 0.5) is 5.69 Å². The van der Waals surface area contributed by atoms with E-state index in [2.05, 4.69) is 41.4 Å². The molecule has 122 valence electrons. The van der Waals surface area contributed by atoms with Gasteiger partial charge in [-0.2, -0.15) is 0 Å². The molecule has 0 saturated carbocycles. The van der Waals surface area contributed by atoms with Gasteiger partial charge in [0.25, 0.3) is 0 Å². The van der Waals surface area contributed by atoms with E-state index in [-0.39, 0.29) is 6.10 Å². The lowest BCUT2D eigenvalue weighted by molar-refractivity contribution is 0.108. The fourth-order valence-electron chi connectivity index (χ4n) is 3.33. The van der Waals surface area contributed by atoms with E-state index in [9.17, 15) is 5.11 Å². The molecule has 1 aromatic carbocycles. The van der Waals surface area contributed by atoms with Crippen LogP contribution in [0.2, 0.25) is 0 Å². The van der Waals surface area contributed by atoms with Crippen LogP contribution in [-0.2, 0) is 4.74 Å². The van der Waals surface area contributed by atoms with Gasteiger partial charge in [0, 0.05) is 38.0 Å². The summed E-state index contributed by atoms with van der Waals surface area (Å²) in [6.45, 7) is 5.97. The van der Waals surface area contributed by atoms with Crippen LogP contribution >= 0.6 is 0 Å². The number of nitrogens with zero attached hydrogens (tertiary/aromatic N) is 1. The van der Waals surface area contributed by atoms with Crippen molar-refractivity contribution in [2.75, 3.05) is 31.1 Å². The summed E-state index contributed by atoms with van der Waals surface area (Å²) in [5.74, 6) is 0. The molecule has 2 aliphatic rings.